The fourth-order valence-corrected chi connectivity index (χ4v) is 2.87. The number of carbonyl (C=O) groups excluding carboxylic acids is 1. The van der Waals surface area contributed by atoms with Gasteiger partial charge < -0.3 is 4.90 Å². The van der Waals surface area contributed by atoms with Crippen molar-refractivity contribution in [3.8, 4) is 0 Å². The van der Waals surface area contributed by atoms with E-state index in [1.165, 1.54) is 6.07 Å². The molecule has 1 heterocycles. The molecule has 116 valence electrons. The molecule has 0 aliphatic carbocycles. The lowest BCUT2D eigenvalue weighted by molar-refractivity contribution is 0.0884. The van der Waals surface area contributed by atoms with Crippen LogP contribution in [0.2, 0.25) is 0 Å². The second-order valence-electron chi connectivity index (χ2n) is 5.70. The molecule has 1 unspecified atom stereocenters. The first kappa shape index (κ1) is 16.0. The zero-order valence-electron chi connectivity index (χ0n) is 12.6. The second-order valence-corrected chi connectivity index (χ2v) is 5.70. The first-order valence-electron chi connectivity index (χ1n) is 7.42. The number of hydrogen-bond donors (Lipinski definition) is 0. The quantitative estimate of drug-likeness (QED) is 0.798. The van der Waals surface area contributed by atoms with Crippen molar-refractivity contribution in [2.75, 3.05) is 33.2 Å². The maximum atomic E-state index is 13.7. The van der Waals surface area contributed by atoms with E-state index in [1.54, 1.807) is 0 Å². The Kier molecular flexibility index (Phi) is 5.42. The van der Waals surface area contributed by atoms with Gasteiger partial charge in [-0.05, 0) is 38.6 Å². The molecule has 21 heavy (non-hydrogen) atoms. The fourth-order valence-electron chi connectivity index (χ4n) is 2.87. The average molecular weight is 296 g/mol. The van der Waals surface area contributed by atoms with E-state index >= 15 is 0 Å². The van der Waals surface area contributed by atoms with Gasteiger partial charge in [-0.25, -0.2) is 8.78 Å². The molecule has 0 saturated carbocycles. The lowest BCUT2D eigenvalue weighted by atomic mass is 10.1. The van der Waals surface area contributed by atoms with Crippen molar-refractivity contribution in [1.82, 2.24) is 9.80 Å². The molecule has 0 radical (unpaired) electrons. The Morgan fingerprint density at radius 3 is 2.76 bits per heavy atom. The second kappa shape index (κ2) is 7.09. The van der Waals surface area contributed by atoms with Gasteiger partial charge in [-0.2, -0.15) is 0 Å². The summed E-state index contributed by atoms with van der Waals surface area (Å²) < 4.78 is 26.6. The van der Waals surface area contributed by atoms with Crippen LogP contribution in [-0.2, 0) is 0 Å². The minimum Gasteiger partial charge on any atom is -0.305 e. The first-order chi connectivity index (χ1) is 10.0. The highest BCUT2D eigenvalue weighted by Crippen LogP contribution is 2.15. The van der Waals surface area contributed by atoms with Gasteiger partial charge in [0.05, 0.1) is 12.1 Å². The van der Waals surface area contributed by atoms with E-state index in [9.17, 15) is 13.6 Å². The molecule has 0 bridgehead atoms. The largest absolute Gasteiger partial charge is 0.305 e. The molecule has 1 fully saturated rings. The van der Waals surface area contributed by atoms with Crippen LogP contribution in [0.3, 0.4) is 0 Å². The average Bonchev–Trinajstić information content (AvgIpc) is 2.60. The van der Waals surface area contributed by atoms with Crippen molar-refractivity contribution in [1.29, 1.82) is 0 Å². The lowest BCUT2D eigenvalue weighted by Crippen LogP contribution is -2.42. The summed E-state index contributed by atoms with van der Waals surface area (Å²) in [5, 5.41) is 0. The SMILES string of the molecule is CCC1CN(C)CCCN1CC(=O)c1ccc(F)cc1F. The predicted molar refractivity (Wildman–Crippen MR) is 78.5 cm³/mol. The van der Waals surface area contributed by atoms with Gasteiger partial charge in [-0.1, -0.05) is 6.92 Å². The number of benzene rings is 1. The smallest absolute Gasteiger partial charge is 0.179 e. The molecule has 1 saturated heterocycles. The van der Waals surface area contributed by atoms with Crippen molar-refractivity contribution >= 4 is 5.78 Å². The first-order valence-corrected chi connectivity index (χ1v) is 7.42. The van der Waals surface area contributed by atoms with E-state index < -0.39 is 11.6 Å². The number of halogens is 2. The van der Waals surface area contributed by atoms with Crippen LogP contribution >= 0.6 is 0 Å². The van der Waals surface area contributed by atoms with Crippen molar-refractivity contribution in [3.05, 3.63) is 35.4 Å². The highest BCUT2D eigenvalue weighted by atomic mass is 19.1. The van der Waals surface area contributed by atoms with Gasteiger partial charge in [0.15, 0.2) is 5.78 Å². The van der Waals surface area contributed by atoms with Gasteiger partial charge in [-0.3, -0.25) is 9.69 Å². The molecule has 1 aliphatic heterocycles. The normalized spacial score (nSPS) is 21.2. The molecule has 0 aromatic heterocycles. The van der Waals surface area contributed by atoms with Gasteiger partial charge in [0.1, 0.15) is 11.6 Å². The maximum Gasteiger partial charge on any atom is 0.179 e. The van der Waals surface area contributed by atoms with E-state index in [1.807, 2.05) is 0 Å². The van der Waals surface area contributed by atoms with Gasteiger partial charge in [0.2, 0.25) is 0 Å². The topological polar surface area (TPSA) is 23.6 Å². The van der Waals surface area contributed by atoms with Crippen LogP contribution in [0.25, 0.3) is 0 Å². The third kappa shape index (κ3) is 4.08. The monoisotopic (exact) mass is 296 g/mol. The third-order valence-corrected chi connectivity index (χ3v) is 4.07. The van der Waals surface area contributed by atoms with Crippen molar-refractivity contribution in [2.24, 2.45) is 0 Å². The Morgan fingerprint density at radius 2 is 2.10 bits per heavy atom. The molecule has 1 atom stereocenters. The summed E-state index contributed by atoms with van der Waals surface area (Å²) in [6, 6.07) is 3.42. The number of carbonyl (C=O) groups is 1. The number of Topliss-reactive ketones (excluding diaryl/α,β-unsaturated/α-hetero) is 1. The Labute approximate surface area is 124 Å². The van der Waals surface area contributed by atoms with Gasteiger partial charge in [0.25, 0.3) is 0 Å². The minimum atomic E-state index is -0.778. The number of rotatable bonds is 4. The molecular weight excluding hydrogens is 274 g/mol. The number of hydrogen-bond acceptors (Lipinski definition) is 3. The van der Waals surface area contributed by atoms with Crippen LogP contribution in [0.4, 0.5) is 8.78 Å². The zero-order chi connectivity index (χ0) is 15.4. The van der Waals surface area contributed by atoms with E-state index in [-0.39, 0.29) is 17.9 Å². The summed E-state index contributed by atoms with van der Waals surface area (Å²) in [6.45, 7) is 5.04. The third-order valence-electron chi connectivity index (χ3n) is 4.07. The van der Waals surface area contributed by atoms with Gasteiger partial charge in [0, 0.05) is 25.2 Å². The van der Waals surface area contributed by atoms with Crippen molar-refractivity contribution < 1.29 is 13.6 Å². The summed E-state index contributed by atoms with van der Waals surface area (Å²) in [4.78, 5) is 16.7. The van der Waals surface area contributed by atoms with Crippen molar-refractivity contribution in [2.45, 2.75) is 25.8 Å². The van der Waals surface area contributed by atoms with E-state index in [0.29, 0.717) is 6.04 Å². The fraction of sp³-hybridized carbons (Fsp3) is 0.562. The van der Waals surface area contributed by atoms with E-state index in [2.05, 4.69) is 23.8 Å². The molecule has 1 aromatic carbocycles. The Bertz CT molecular complexity index is 507. The molecule has 3 nitrogen and oxygen atoms in total. The standard InChI is InChI=1S/C16H22F2N2O/c1-3-13-10-19(2)7-4-8-20(13)11-16(21)14-6-5-12(17)9-15(14)18/h5-6,9,13H,3-4,7-8,10-11H2,1-2H3. The zero-order valence-corrected chi connectivity index (χ0v) is 12.6. The summed E-state index contributed by atoms with van der Waals surface area (Å²) in [5.74, 6) is -1.72. The summed E-state index contributed by atoms with van der Waals surface area (Å²) in [7, 11) is 2.08. The van der Waals surface area contributed by atoms with Crippen LogP contribution < -0.4 is 0 Å². The van der Waals surface area contributed by atoms with Crippen LogP contribution in [-0.4, -0.2) is 54.9 Å². The van der Waals surface area contributed by atoms with Crippen LogP contribution in [0.5, 0.6) is 0 Å². The molecule has 5 heteroatoms. The van der Waals surface area contributed by atoms with Gasteiger partial charge in [-0.15, -0.1) is 0 Å². The Balaban J connectivity index is 2.09. The number of nitrogens with zero attached hydrogens (tertiary/aromatic N) is 2. The summed E-state index contributed by atoms with van der Waals surface area (Å²) in [6.07, 6.45) is 1.94. The molecule has 0 amide bonds. The molecule has 0 N–H and O–H groups in total. The minimum absolute atomic E-state index is 0.0242. The number of ketones is 1. The Morgan fingerprint density at radius 1 is 1.33 bits per heavy atom. The van der Waals surface area contributed by atoms with Crippen molar-refractivity contribution in [3.63, 3.8) is 0 Å². The van der Waals surface area contributed by atoms with Crippen LogP contribution in [0.1, 0.15) is 30.1 Å². The van der Waals surface area contributed by atoms with E-state index in [0.717, 1.165) is 44.6 Å². The summed E-state index contributed by atoms with van der Waals surface area (Å²) >= 11 is 0. The van der Waals surface area contributed by atoms with E-state index in [4.69, 9.17) is 0 Å². The molecule has 1 aromatic rings. The molecule has 0 spiro atoms. The highest BCUT2D eigenvalue weighted by Gasteiger charge is 2.25. The predicted octanol–water partition coefficient (Wildman–Crippen LogP) is 2.56. The van der Waals surface area contributed by atoms with Crippen LogP contribution in [0.15, 0.2) is 18.2 Å². The summed E-state index contributed by atoms with van der Waals surface area (Å²) in [5.41, 5.74) is -0.0242. The lowest BCUT2D eigenvalue weighted by Gasteiger charge is -2.29. The maximum absolute atomic E-state index is 13.7. The molecule has 1 aliphatic rings. The Hall–Kier alpha value is -1.33. The van der Waals surface area contributed by atoms with Gasteiger partial charge >= 0.3 is 0 Å². The molecular formula is C16H22F2N2O. The molecule has 2 rings (SSSR count). The number of likely N-dealkylation sites (N-methyl/N-ethyl adjacent to an activating group) is 1. The highest BCUT2D eigenvalue weighted by molar-refractivity contribution is 5.97. The van der Waals surface area contributed by atoms with Crippen LogP contribution in [0, 0.1) is 11.6 Å².